The zero-order valence-electron chi connectivity index (χ0n) is 15.9. The van der Waals surface area contributed by atoms with Gasteiger partial charge in [0.2, 0.25) is 0 Å². The highest BCUT2D eigenvalue weighted by Gasteiger charge is 2.29. The van der Waals surface area contributed by atoms with Gasteiger partial charge in [-0.2, -0.15) is 5.10 Å². The minimum atomic E-state index is -1.12. The Morgan fingerprint density at radius 3 is 2.31 bits per heavy atom. The molecular formula is C22H21N3O4. The number of benzene rings is 2. The molecule has 0 fully saturated rings. The maximum Gasteiger partial charge on any atom is 0.407 e. The minimum absolute atomic E-state index is 0.0743. The van der Waals surface area contributed by atoms with Crippen LogP contribution in [0.2, 0.25) is 0 Å². The quantitative estimate of drug-likeness (QED) is 0.674. The fourth-order valence-electron chi connectivity index (χ4n) is 3.80. The normalized spacial score (nSPS) is 13.4. The van der Waals surface area contributed by atoms with Gasteiger partial charge in [-0.05, 0) is 27.8 Å². The lowest BCUT2D eigenvalue weighted by atomic mass is 9.98. The summed E-state index contributed by atoms with van der Waals surface area (Å²) in [6, 6.07) is 15.0. The van der Waals surface area contributed by atoms with E-state index in [4.69, 9.17) is 4.74 Å². The van der Waals surface area contributed by atoms with Crippen LogP contribution in [0.5, 0.6) is 0 Å². The number of amides is 1. The highest BCUT2D eigenvalue weighted by Crippen LogP contribution is 2.44. The third kappa shape index (κ3) is 3.85. The van der Waals surface area contributed by atoms with Crippen LogP contribution in [-0.2, 0) is 23.0 Å². The summed E-state index contributed by atoms with van der Waals surface area (Å²) in [4.78, 5) is 23.9. The molecule has 0 bridgehead atoms. The van der Waals surface area contributed by atoms with E-state index in [1.165, 1.54) is 0 Å². The largest absolute Gasteiger partial charge is 0.480 e. The van der Waals surface area contributed by atoms with E-state index in [-0.39, 0.29) is 18.9 Å². The van der Waals surface area contributed by atoms with Gasteiger partial charge in [-0.1, -0.05) is 48.5 Å². The number of aromatic nitrogens is 2. The highest BCUT2D eigenvalue weighted by atomic mass is 16.5. The topological polar surface area (TPSA) is 93.5 Å². The molecule has 0 saturated heterocycles. The molecular weight excluding hydrogens is 370 g/mol. The first-order chi connectivity index (χ1) is 14.0. The van der Waals surface area contributed by atoms with Gasteiger partial charge in [0.05, 0.1) is 6.20 Å². The summed E-state index contributed by atoms with van der Waals surface area (Å²) >= 11 is 0. The van der Waals surface area contributed by atoms with Gasteiger partial charge in [0.1, 0.15) is 12.6 Å². The standard InChI is InChI=1S/C22H21N3O4/c1-25-12-14(11-23-25)10-20(21(26)27)24-22(28)29-13-19-17-8-4-2-6-15(17)16-7-3-5-9-18(16)19/h2-9,11-12,19-20H,10,13H2,1H3,(H,24,28)(H,26,27)/t20-/m1/s1. The molecule has 2 N–H and O–H groups in total. The van der Waals surface area contributed by atoms with Gasteiger partial charge in [-0.3, -0.25) is 4.68 Å². The number of aliphatic carboxylic acids is 1. The van der Waals surface area contributed by atoms with E-state index in [1.54, 1.807) is 24.1 Å². The number of aryl methyl sites for hydroxylation is 1. The zero-order valence-corrected chi connectivity index (χ0v) is 15.9. The van der Waals surface area contributed by atoms with Crippen LogP contribution in [0.15, 0.2) is 60.9 Å². The van der Waals surface area contributed by atoms with Crippen LogP contribution < -0.4 is 5.32 Å². The average Bonchev–Trinajstić information content (AvgIpc) is 3.27. The van der Waals surface area contributed by atoms with E-state index >= 15 is 0 Å². The van der Waals surface area contributed by atoms with Crippen molar-refractivity contribution < 1.29 is 19.4 Å². The molecule has 7 heteroatoms. The lowest BCUT2D eigenvalue weighted by Gasteiger charge is -2.17. The molecule has 2 aromatic carbocycles. The van der Waals surface area contributed by atoms with E-state index in [0.717, 1.165) is 27.8 Å². The van der Waals surface area contributed by atoms with Crippen molar-refractivity contribution in [2.45, 2.75) is 18.4 Å². The Hall–Kier alpha value is -3.61. The average molecular weight is 391 g/mol. The van der Waals surface area contributed by atoms with Crippen molar-refractivity contribution in [3.63, 3.8) is 0 Å². The first kappa shape index (κ1) is 18.7. The molecule has 1 atom stereocenters. The molecule has 3 aromatic rings. The number of carboxylic acids is 1. The molecule has 1 aromatic heterocycles. The summed E-state index contributed by atoms with van der Waals surface area (Å²) in [5.74, 6) is -1.20. The predicted molar refractivity (Wildman–Crippen MR) is 107 cm³/mol. The lowest BCUT2D eigenvalue weighted by molar-refractivity contribution is -0.139. The van der Waals surface area contributed by atoms with Gasteiger partial charge >= 0.3 is 12.1 Å². The Morgan fingerprint density at radius 1 is 1.14 bits per heavy atom. The molecule has 4 rings (SSSR count). The molecule has 1 aliphatic carbocycles. The van der Waals surface area contributed by atoms with Crippen molar-refractivity contribution in [1.29, 1.82) is 0 Å². The van der Waals surface area contributed by atoms with Gasteiger partial charge in [0, 0.05) is 25.6 Å². The molecule has 1 amide bonds. The second-order valence-corrected chi connectivity index (χ2v) is 7.09. The van der Waals surface area contributed by atoms with Crippen molar-refractivity contribution in [2.75, 3.05) is 6.61 Å². The molecule has 29 heavy (non-hydrogen) atoms. The van der Waals surface area contributed by atoms with Crippen LogP contribution in [0, 0.1) is 0 Å². The molecule has 0 unspecified atom stereocenters. The number of alkyl carbamates (subject to hydrolysis) is 1. The number of nitrogens with zero attached hydrogens (tertiary/aromatic N) is 2. The summed E-state index contributed by atoms with van der Waals surface area (Å²) in [5, 5.41) is 15.9. The summed E-state index contributed by atoms with van der Waals surface area (Å²) in [6.45, 7) is 0.138. The van der Waals surface area contributed by atoms with Crippen LogP contribution in [0.3, 0.4) is 0 Å². The second kappa shape index (κ2) is 7.79. The summed E-state index contributed by atoms with van der Waals surface area (Å²) < 4.78 is 7.01. The molecule has 0 saturated carbocycles. The fourth-order valence-corrected chi connectivity index (χ4v) is 3.80. The second-order valence-electron chi connectivity index (χ2n) is 7.09. The SMILES string of the molecule is Cn1cc(C[C@@H](NC(=O)OCC2c3ccccc3-c3ccccc32)C(=O)O)cn1. The third-order valence-electron chi connectivity index (χ3n) is 5.13. The monoisotopic (exact) mass is 391 g/mol. The molecule has 0 radical (unpaired) electrons. The van der Waals surface area contributed by atoms with Crippen LogP contribution in [0.25, 0.3) is 11.1 Å². The van der Waals surface area contributed by atoms with Crippen molar-refractivity contribution in [3.05, 3.63) is 77.6 Å². The number of nitrogens with one attached hydrogen (secondary N) is 1. The Kier molecular flexibility index (Phi) is 5.03. The van der Waals surface area contributed by atoms with Gasteiger partial charge in [0.15, 0.2) is 0 Å². The Balaban J connectivity index is 1.43. The number of hydrogen-bond donors (Lipinski definition) is 2. The maximum absolute atomic E-state index is 12.3. The first-order valence-electron chi connectivity index (χ1n) is 9.35. The van der Waals surface area contributed by atoms with Crippen LogP contribution >= 0.6 is 0 Å². The first-order valence-corrected chi connectivity index (χ1v) is 9.35. The van der Waals surface area contributed by atoms with Gasteiger partial charge in [-0.15, -0.1) is 0 Å². The summed E-state index contributed by atoms with van der Waals surface area (Å²) in [7, 11) is 1.75. The zero-order chi connectivity index (χ0) is 20.4. The number of carbonyl (C=O) groups is 2. The van der Waals surface area contributed by atoms with Crippen molar-refractivity contribution in [3.8, 4) is 11.1 Å². The molecule has 0 spiro atoms. The number of carboxylic acid groups (broad SMARTS) is 1. The van der Waals surface area contributed by atoms with E-state index in [0.29, 0.717) is 0 Å². The summed E-state index contributed by atoms with van der Waals surface area (Å²) in [5.41, 5.74) is 5.20. The van der Waals surface area contributed by atoms with Crippen LogP contribution in [-0.4, -0.2) is 39.6 Å². The number of fused-ring (bicyclic) bond motifs is 3. The van der Waals surface area contributed by atoms with Gasteiger partial charge < -0.3 is 15.2 Å². The van der Waals surface area contributed by atoms with Crippen molar-refractivity contribution >= 4 is 12.1 Å². The Morgan fingerprint density at radius 2 is 1.76 bits per heavy atom. The minimum Gasteiger partial charge on any atom is -0.480 e. The fraction of sp³-hybridized carbons (Fsp3) is 0.227. The third-order valence-corrected chi connectivity index (χ3v) is 5.13. The number of hydrogen-bond acceptors (Lipinski definition) is 4. The van der Waals surface area contributed by atoms with E-state index in [1.807, 2.05) is 36.4 Å². The highest BCUT2D eigenvalue weighted by molar-refractivity contribution is 5.81. The Bertz CT molecular complexity index is 1010. The van der Waals surface area contributed by atoms with Crippen molar-refractivity contribution in [2.24, 2.45) is 7.05 Å². The lowest BCUT2D eigenvalue weighted by Crippen LogP contribution is -2.42. The molecule has 1 heterocycles. The molecule has 148 valence electrons. The molecule has 1 aliphatic rings. The van der Waals surface area contributed by atoms with Gasteiger partial charge in [0.25, 0.3) is 0 Å². The number of carbonyl (C=O) groups excluding carboxylic acids is 1. The summed E-state index contributed by atoms with van der Waals surface area (Å²) in [6.07, 6.45) is 2.68. The van der Waals surface area contributed by atoms with Crippen LogP contribution in [0.1, 0.15) is 22.6 Å². The van der Waals surface area contributed by atoms with Crippen molar-refractivity contribution in [1.82, 2.24) is 15.1 Å². The van der Waals surface area contributed by atoms with Gasteiger partial charge in [-0.25, -0.2) is 9.59 Å². The molecule has 7 nitrogen and oxygen atoms in total. The predicted octanol–water partition coefficient (Wildman–Crippen LogP) is 2.95. The van der Waals surface area contributed by atoms with E-state index < -0.39 is 18.1 Å². The number of rotatable bonds is 6. The van der Waals surface area contributed by atoms with E-state index in [9.17, 15) is 14.7 Å². The van der Waals surface area contributed by atoms with Crippen LogP contribution in [0.4, 0.5) is 4.79 Å². The Labute approximate surface area is 167 Å². The van der Waals surface area contributed by atoms with E-state index in [2.05, 4.69) is 22.5 Å². The molecule has 0 aliphatic heterocycles. The maximum atomic E-state index is 12.3. The number of ether oxygens (including phenoxy) is 1. The smallest absolute Gasteiger partial charge is 0.407 e.